The van der Waals surface area contributed by atoms with Gasteiger partial charge in [0.15, 0.2) is 0 Å². The third-order valence-electron chi connectivity index (χ3n) is 5.47. The van der Waals surface area contributed by atoms with Gasteiger partial charge in [-0.1, -0.05) is 44.2 Å². The maximum Gasteiger partial charge on any atom is 0.248 e. The molecule has 1 aromatic heterocycles. The van der Waals surface area contributed by atoms with Crippen LogP contribution in [0.25, 0.3) is 11.3 Å². The van der Waals surface area contributed by atoms with E-state index in [0.717, 1.165) is 11.1 Å². The number of carbonyl (C=O) groups excluding carboxylic acids is 2. The molecule has 31 heavy (non-hydrogen) atoms. The first-order valence-electron chi connectivity index (χ1n) is 10.4. The van der Waals surface area contributed by atoms with Crippen molar-refractivity contribution < 1.29 is 19.4 Å². The lowest BCUT2D eigenvalue weighted by Gasteiger charge is -2.34. The third-order valence-corrected chi connectivity index (χ3v) is 5.47. The highest BCUT2D eigenvalue weighted by atomic mass is 16.5. The number of hydrogen-bond acceptors (Lipinski definition) is 6. The van der Waals surface area contributed by atoms with Gasteiger partial charge in [-0.25, -0.2) is 4.68 Å². The van der Waals surface area contributed by atoms with Crippen LogP contribution in [-0.4, -0.2) is 69.7 Å². The summed E-state index contributed by atoms with van der Waals surface area (Å²) in [6, 6.07) is 6.41. The average Bonchev–Trinajstić information content (AvgIpc) is 3.34. The highest BCUT2D eigenvalue weighted by Crippen LogP contribution is 2.35. The summed E-state index contributed by atoms with van der Waals surface area (Å²) in [6.45, 7) is 6.43. The number of aliphatic hydroxyl groups is 1. The van der Waals surface area contributed by atoms with E-state index in [0.29, 0.717) is 12.3 Å². The molecule has 1 aliphatic rings. The van der Waals surface area contributed by atoms with Gasteiger partial charge in [0, 0.05) is 32.7 Å². The van der Waals surface area contributed by atoms with Gasteiger partial charge in [-0.2, -0.15) is 0 Å². The monoisotopic (exact) mass is 429 g/mol. The Morgan fingerprint density at radius 3 is 2.74 bits per heavy atom. The van der Waals surface area contributed by atoms with Crippen molar-refractivity contribution in [2.45, 2.75) is 52.0 Å². The number of β-amino-alcohol motifs (C(OH)–C–C–N with tert-alkyl or cyclic N) is 1. The minimum absolute atomic E-state index is 0.115. The van der Waals surface area contributed by atoms with Crippen LogP contribution in [0.2, 0.25) is 0 Å². The number of aliphatic hydroxyl groups excluding tert-OH is 1. The van der Waals surface area contributed by atoms with Crippen LogP contribution in [0.1, 0.15) is 38.8 Å². The van der Waals surface area contributed by atoms with Crippen LogP contribution in [0.3, 0.4) is 0 Å². The predicted molar refractivity (Wildman–Crippen MR) is 115 cm³/mol. The number of hydrogen-bond donors (Lipinski definition) is 2. The first kappa shape index (κ1) is 22.9. The minimum Gasteiger partial charge on any atom is -0.391 e. The second-order valence-corrected chi connectivity index (χ2v) is 9.00. The molecule has 1 aliphatic heterocycles. The Balaban J connectivity index is 1.93. The van der Waals surface area contributed by atoms with E-state index in [1.165, 1.54) is 11.9 Å². The molecule has 2 amide bonds. The summed E-state index contributed by atoms with van der Waals surface area (Å²) in [7, 11) is 3.17. The maximum atomic E-state index is 13.6. The van der Waals surface area contributed by atoms with Crippen LogP contribution >= 0.6 is 0 Å². The Hall–Kier alpha value is -2.78. The second kappa shape index (κ2) is 9.15. The van der Waals surface area contributed by atoms with Crippen LogP contribution in [0.5, 0.6) is 0 Å². The lowest BCUT2D eigenvalue weighted by Crippen LogP contribution is -2.49. The Labute approximate surface area is 182 Å². The Morgan fingerprint density at radius 1 is 1.35 bits per heavy atom. The highest BCUT2D eigenvalue weighted by molar-refractivity contribution is 5.90. The smallest absolute Gasteiger partial charge is 0.248 e. The summed E-state index contributed by atoms with van der Waals surface area (Å²) < 4.78 is 6.76. The molecule has 1 fully saturated rings. The lowest BCUT2D eigenvalue weighted by molar-refractivity contribution is -0.144. The molecular formula is C22H31N5O4. The number of likely N-dealkylation sites (tertiary alicyclic amines) is 1. The summed E-state index contributed by atoms with van der Waals surface area (Å²) in [5.41, 5.74) is 2.03. The Kier molecular flexibility index (Phi) is 6.76. The van der Waals surface area contributed by atoms with Crippen LogP contribution in [0.15, 0.2) is 30.5 Å². The van der Waals surface area contributed by atoms with Gasteiger partial charge in [0.25, 0.3) is 0 Å². The van der Waals surface area contributed by atoms with Crippen LogP contribution in [0.4, 0.5) is 0 Å². The normalized spacial score (nSPS) is 20.0. The van der Waals surface area contributed by atoms with Crippen molar-refractivity contribution in [1.29, 1.82) is 0 Å². The number of rotatable bonds is 6. The van der Waals surface area contributed by atoms with Crippen molar-refractivity contribution in [3.8, 4) is 11.3 Å². The number of nitrogens with one attached hydrogen (secondary N) is 1. The van der Waals surface area contributed by atoms with Crippen molar-refractivity contribution in [2.24, 2.45) is 5.41 Å². The summed E-state index contributed by atoms with van der Waals surface area (Å²) in [4.78, 5) is 27.3. The molecule has 1 saturated heterocycles. The molecule has 168 valence electrons. The Bertz CT molecular complexity index is 936. The number of nitrogens with zero attached hydrogens (tertiary/aromatic N) is 4. The molecule has 2 unspecified atom stereocenters. The highest BCUT2D eigenvalue weighted by Gasteiger charge is 2.45. The summed E-state index contributed by atoms with van der Waals surface area (Å²) in [5, 5.41) is 21.3. The van der Waals surface area contributed by atoms with Crippen LogP contribution in [-0.2, 0) is 20.9 Å². The molecule has 0 aliphatic carbocycles. The Morgan fingerprint density at radius 2 is 2.10 bits per heavy atom. The summed E-state index contributed by atoms with van der Waals surface area (Å²) >= 11 is 0. The fourth-order valence-electron chi connectivity index (χ4n) is 4.03. The number of amides is 2. The van der Waals surface area contributed by atoms with Crippen LogP contribution < -0.4 is 5.32 Å². The second-order valence-electron chi connectivity index (χ2n) is 9.00. The molecule has 3 rings (SSSR count). The fraction of sp³-hybridized carbons (Fsp3) is 0.545. The van der Waals surface area contributed by atoms with Crippen molar-refractivity contribution >= 4 is 11.8 Å². The number of likely N-dealkylation sites (N-methyl/N-ethyl adjacent to an activating group) is 1. The van der Waals surface area contributed by atoms with E-state index < -0.39 is 23.6 Å². The van der Waals surface area contributed by atoms with Gasteiger partial charge >= 0.3 is 0 Å². The number of aromatic nitrogens is 3. The average molecular weight is 430 g/mol. The predicted octanol–water partition coefficient (Wildman–Crippen LogP) is 1.39. The lowest BCUT2D eigenvalue weighted by atomic mass is 9.85. The maximum absolute atomic E-state index is 13.6. The molecule has 2 heterocycles. The molecule has 3 atom stereocenters. The van der Waals surface area contributed by atoms with Gasteiger partial charge < -0.3 is 20.1 Å². The SMILES string of the molecule is CNC(=O)[C@H]1CC(O)CN1C(=O)C(n1cc(-c2cccc(COC)c2)nn1)C(C)(C)C. The third kappa shape index (κ3) is 4.94. The van der Waals surface area contributed by atoms with E-state index in [-0.39, 0.29) is 24.8 Å². The van der Waals surface area contributed by atoms with E-state index in [2.05, 4.69) is 15.6 Å². The van der Waals surface area contributed by atoms with Gasteiger partial charge in [-0.05, 0) is 17.0 Å². The van der Waals surface area contributed by atoms with Gasteiger partial charge in [0.2, 0.25) is 11.8 Å². The molecule has 2 N–H and O–H groups in total. The molecule has 0 saturated carbocycles. The van der Waals surface area contributed by atoms with Gasteiger partial charge in [-0.3, -0.25) is 9.59 Å². The standard InChI is InChI=1S/C22H31N5O4/c1-22(2,3)19(21(30)26-11-16(28)10-18(26)20(29)23-4)27-12-17(24-25-27)15-8-6-7-14(9-15)13-31-5/h6-9,12,16,18-19,28H,10-11,13H2,1-5H3,(H,23,29)/t16?,18-,19?/m1/s1. The van der Waals surface area contributed by atoms with E-state index >= 15 is 0 Å². The molecule has 0 spiro atoms. The quantitative estimate of drug-likeness (QED) is 0.718. The molecule has 1 aromatic carbocycles. The number of carbonyl (C=O) groups is 2. The van der Waals surface area contributed by atoms with Crippen molar-refractivity contribution in [2.75, 3.05) is 20.7 Å². The molecule has 2 aromatic rings. The van der Waals surface area contributed by atoms with Crippen molar-refractivity contribution in [3.63, 3.8) is 0 Å². The molecule has 0 radical (unpaired) electrons. The molecule has 9 nitrogen and oxygen atoms in total. The summed E-state index contributed by atoms with van der Waals surface area (Å²) in [6.07, 6.45) is 1.24. The number of benzene rings is 1. The summed E-state index contributed by atoms with van der Waals surface area (Å²) in [5.74, 6) is -0.547. The van der Waals surface area contributed by atoms with E-state index in [4.69, 9.17) is 4.74 Å². The van der Waals surface area contributed by atoms with Crippen LogP contribution in [0, 0.1) is 5.41 Å². The topological polar surface area (TPSA) is 110 Å². The fourth-order valence-corrected chi connectivity index (χ4v) is 4.03. The van der Waals surface area contributed by atoms with E-state index in [1.54, 1.807) is 18.0 Å². The van der Waals surface area contributed by atoms with Gasteiger partial charge in [-0.15, -0.1) is 5.10 Å². The molecular weight excluding hydrogens is 398 g/mol. The van der Waals surface area contributed by atoms with E-state index in [1.807, 2.05) is 45.0 Å². The van der Waals surface area contributed by atoms with E-state index in [9.17, 15) is 14.7 Å². The molecule has 9 heteroatoms. The zero-order valence-corrected chi connectivity index (χ0v) is 18.7. The minimum atomic E-state index is -0.735. The zero-order chi connectivity index (χ0) is 22.8. The number of ether oxygens (including phenoxy) is 1. The number of methoxy groups -OCH3 is 1. The molecule has 0 bridgehead atoms. The van der Waals surface area contributed by atoms with Crippen molar-refractivity contribution in [1.82, 2.24) is 25.2 Å². The van der Waals surface area contributed by atoms with Crippen molar-refractivity contribution in [3.05, 3.63) is 36.0 Å². The zero-order valence-electron chi connectivity index (χ0n) is 18.7. The largest absolute Gasteiger partial charge is 0.391 e. The first-order chi connectivity index (χ1) is 14.7. The van der Waals surface area contributed by atoms with Gasteiger partial charge in [0.05, 0.1) is 18.9 Å². The van der Waals surface area contributed by atoms with Gasteiger partial charge in [0.1, 0.15) is 17.8 Å². The first-order valence-corrected chi connectivity index (χ1v) is 10.4.